The van der Waals surface area contributed by atoms with Gasteiger partial charge in [-0.15, -0.1) is 11.3 Å². The third-order valence-corrected chi connectivity index (χ3v) is 4.62. The van der Waals surface area contributed by atoms with Crippen molar-refractivity contribution in [2.24, 2.45) is 5.73 Å². The standard InChI is InChI=1S/C16H16F3N3O2S/c17-16(18,19)15(23)24-14(20)10-21-9-13-12(6-7-25-13)22(21)8-11-4-2-1-3-5-11/h1-7,14H,8-10,20H2. The van der Waals surface area contributed by atoms with Crippen LogP contribution in [0.25, 0.3) is 0 Å². The predicted molar refractivity (Wildman–Crippen MR) is 87.5 cm³/mol. The first-order valence-electron chi connectivity index (χ1n) is 7.50. The van der Waals surface area contributed by atoms with Gasteiger partial charge in [0.1, 0.15) is 0 Å². The van der Waals surface area contributed by atoms with Crippen LogP contribution in [0.1, 0.15) is 10.4 Å². The van der Waals surface area contributed by atoms with Crippen molar-refractivity contribution in [1.29, 1.82) is 0 Å². The number of fused-ring (bicyclic) bond motifs is 1. The topological polar surface area (TPSA) is 58.8 Å². The summed E-state index contributed by atoms with van der Waals surface area (Å²) in [7, 11) is 0. The molecule has 0 bridgehead atoms. The second-order valence-electron chi connectivity index (χ2n) is 5.56. The number of carbonyl (C=O) groups is 1. The zero-order chi connectivity index (χ0) is 18.0. The number of hydrogen-bond donors (Lipinski definition) is 1. The number of anilines is 1. The number of thiophene rings is 1. The highest BCUT2D eigenvalue weighted by Crippen LogP contribution is 2.36. The molecule has 1 aromatic heterocycles. The fourth-order valence-corrected chi connectivity index (χ4v) is 3.52. The highest BCUT2D eigenvalue weighted by molar-refractivity contribution is 7.10. The Labute approximate surface area is 146 Å². The van der Waals surface area contributed by atoms with Crippen LogP contribution in [0.4, 0.5) is 18.9 Å². The van der Waals surface area contributed by atoms with E-state index in [1.807, 2.05) is 46.8 Å². The molecule has 9 heteroatoms. The van der Waals surface area contributed by atoms with Crippen LogP contribution in [0.5, 0.6) is 0 Å². The Morgan fingerprint density at radius 3 is 2.68 bits per heavy atom. The summed E-state index contributed by atoms with van der Waals surface area (Å²) >= 11 is 1.56. The van der Waals surface area contributed by atoms with Crippen LogP contribution >= 0.6 is 11.3 Å². The second-order valence-corrected chi connectivity index (χ2v) is 6.56. The van der Waals surface area contributed by atoms with E-state index in [1.165, 1.54) is 0 Å². The lowest BCUT2D eigenvalue weighted by Crippen LogP contribution is -2.47. The largest absolute Gasteiger partial charge is 0.490 e. The van der Waals surface area contributed by atoms with Gasteiger partial charge in [-0.05, 0) is 17.0 Å². The van der Waals surface area contributed by atoms with Gasteiger partial charge in [-0.2, -0.15) is 13.2 Å². The maximum absolute atomic E-state index is 12.3. The maximum Gasteiger partial charge on any atom is 0.490 e. The fraction of sp³-hybridized carbons (Fsp3) is 0.312. The first-order chi connectivity index (χ1) is 11.8. The highest BCUT2D eigenvalue weighted by Gasteiger charge is 2.42. The van der Waals surface area contributed by atoms with Gasteiger partial charge in [-0.3, -0.25) is 10.7 Å². The molecule has 0 spiro atoms. The number of esters is 1. The summed E-state index contributed by atoms with van der Waals surface area (Å²) in [4.78, 5) is 12.0. The fourth-order valence-electron chi connectivity index (χ4n) is 2.64. The predicted octanol–water partition coefficient (Wildman–Crippen LogP) is 2.88. The van der Waals surface area contributed by atoms with Crippen molar-refractivity contribution in [3.8, 4) is 0 Å². The lowest BCUT2D eigenvalue weighted by molar-refractivity contribution is -0.205. The van der Waals surface area contributed by atoms with Crippen LogP contribution in [0, 0.1) is 0 Å². The van der Waals surface area contributed by atoms with Gasteiger partial charge >= 0.3 is 12.1 Å². The van der Waals surface area contributed by atoms with Gasteiger partial charge in [-0.25, -0.2) is 9.80 Å². The molecule has 0 amide bonds. The number of hydrazine groups is 1. The van der Waals surface area contributed by atoms with Crippen molar-refractivity contribution in [2.45, 2.75) is 25.5 Å². The van der Waals surface area contributed by atoms with Crippen molar-refractivity contribution < 1.29 is 22.7 Å². The molecule has 0 saturated carbocycles. The van der Waals surface area contributed by atoms with Gasteiger partial charge in [0.2, 0.25) is 0 Å². The van der Waals surface area contributed by atoms with Gasteiger partial charge in [0.05, 0.1) is 25.3 Å². The number of alkyl halides is 3. The molecule has 0 fully saturated rings. The van der Waals surface area contributed by atoms with Crippen LogP contribution in [0.15, 0.2) is 41.8 Å². The molecule has 2 N–H and O–H groups in total. The summed E-state index contributed by atoms with van der Waals surface area (Å²) < 4.78 is 41.2. The lowest BCUT2D eigenvalue weighted by Gasteiger charge is -2.32. The molecule has 1 aliphatic rings. The monoisotopic (exact) mass is 371 g/mol. The summed E-state index contributed by atoms with van der Waals surface area (Å²) in [5.41, 5.74) is 7.64. The van der Waals surface area contributed by atoms with E-state index in [1.54, 1.807) is 16.3 Å². The van der Waals surface area contributed by atoms with E-state index in [-0.39, 0.29) is 6.54 Å². The third kappa shape index (κ3) is 4.12. The number of rotatable bonds is 5. The number of hydrogen-bond acceptors (Lipinski definition) is 6. The Morgan fingerprint density at radius 1 is 1.28 bits per heavy atom. The molecule has 0 saturated heterocycles. The minimum Gasteiger partial charge on any atom is -0.439 e. The van der Waals surface area contributed by atoms with E-state index in [0.29, 0.717) is 13.1 Å². The summed E-state index contributed by atoms with van der Waals surface area (Å²) in [6, 6.07) is 11.6. The first-order valence-corrected chi connectivity index (χ1v) is 8.38. The molecular weight excluding hydrogens is 355 g/mol. The van der Waals surface area contributed by atoms with Gasteiger partial charge in [0.15, 0.2) is 6.23 Å². The number of ether oxygens (including phenoxy) is 1. The van der Waals surface area contributed by atoms with Crippen LogP contribution in [-0.4, -0.2) is 29.9 Å². The van der Waals surface area contributed by atoms with Crippen LogP contribution in [0.2, 0.25) is 0 Å². The van der Waals surface area contributed by atoms with Gasteiger partial charge < -0.3 is 4.74 Å². The average Bonchev–Trinajstić information content (AvgIpc) is 3.10. The van der Waals surface area contributed by atoms with E-state index in [4.69, 9.17) is 5.73 Å². The minimum atomic E-state index is -5.05. The third-order valence-electron chi connectivity index (χ3n) is 3.72. The van der Waals surface area contributed by atoms with E-state index >= 15 is 0 Å². The zero-order valence-electron chi connectivity index (χ0n) is 13.1. The average molecular weight is 371 g/mol. The second kappa shape index (κ2) is 7.03. The highest BCUT2D eigenvalue weighted by atomic mass is 32.1. The number of nitrogens with zero attached hydrogens (tertiary/aromatic N) is 2. The minimum absolute atomic E-state index is 0.0317. The Bertz CT molecular complexity index is 736. The molecule has 3 rings (SSSR count). The number of halogens is 3. The Hall–Kier alpha value is -2.10. The molecule has 0 aliphatic carbocycles. The van der Waals surface area contributed by atoms with Gasteiger partial charge in [0.25, 0.3) is 0 Å². The normalized spacial score (nSPS) is 15.9. The maximum atomic E-state index is 12.3. The molecule has 2 heterocycles. The molecule has 5 nitrogen and oxygen atoms in total. The van der Waals surface area contributed by atoms with Crippen LogP contribution in [0.3, 0.4) is 0 Å². The Balaban J connectivity index is 1.69. The van der Waals surface area contributed by atoms with E-state index in [0.717, 1.165) is 16.1 Å². The lowest BCUT2D eigenvalue weighted by atomic mass is 10.2. The zero-order valence-corrected chi connectivity index (χ0v) is 13.9. The summed E-state index contributed by atoms with van der Waals surface area (Å²) in [5, 5.41) is 5.70. The molecule has 134 valence electrons. The van der Waals surface area contributed by atoms with Crippen molar-refractivity contribution in [3.05, 3.63) is 52.2 Å². The van der Waals surface area contributed by atoms with Crippen molar-refractivity contribution in [1.82, 2.24) is 5.01 Å². The molecule has 1 aliphatic heterocycles. The van der Waals surface area contributed by atoms with Crippen LogP contribution in [-0.2, 0) is 22.6 Å². The molecule has 1 aromatic carbocycles. The number of nitrogens with two attached hydrogens (primary N) is 1. The summed E-state index contributed by atoms with van der Waals surface area (Å²) in [6.45, 7) is 1.03. The first kappa shape index (κ1) is 17.7. The molecule has 1 unspecified atom stereocenters. The summed E-state index contributed by atoms with van der Waals surface area (Å²) in [6.07, 6.45) is -6.42. The molecule has 0 radical (unpaired) electrons. The van der Waals surface area contributed by atoms with Crippen molar-refractivity contribution in [2.75, 3.05) is 11.6 Å². The Kier molecular flexibility index (Phi) is 4.98. The Morgan fingerprint density at radius 2 is 2.00 bits per heavy atom. The summed E-state index contributed by atoms with van der Waals surface area (Å²) in [5.74, 6) is -2.27. The van der Waals surface area contributed by atoms with E-state index in [9.17, 15) is 18.0 Å². The quantitative estimate of drug-likeness (QED) is 0.647. The van der Waals surface area contributed by atoms with Crippen molar-refractivity contribution >= 4 is 23.0 Å². The molecular formula is C16H16F3N3O2S. The SMILES string of the molecule is NC(CN1Cc2sccc2N1Cc1ccccc1)OC(=O)C(F)(F)F. The smallest absolute Gasteiger partial charge is 0.439 e. The van der Waals surface area contributed by atoms with Gasteiger partial charge in [-0.1, -0.05) is 30.3 Å². The molecule has 2 aromatic rings. The van der Waals surface area contributed by atoms with E-state index < -0.39 is 18.4 Å². The van der Waals surface area contributed by atoms with Gasteiger partial charge in [0, 0.05) is 4.88 Å². The molecule has 1 atom stereocenters. The number of carbonyl (C=O) groups excluding carboxylic acids is 1. The van der Waals surface area contributed by atoms with E-state index in [2.05, 4.69) is 4.74 Å². The number of benzene rings is 1. The van der Waals surface area contributed by atoms with Crippen LogP contribution < -0.4 is 10.7 Å². The van der Waals surface area contributed by atoms with Crippen molar-refractivity contribution in [3.63, 3.8) is 0 Å². The molecule has 25 heavy (non-hydrogen) atoms.